The van der Waals surface area contributed by atoms with E-state index in [0.29, 0.717) is 37.8 Å². The number of hydrogen-bond donors (Lipinski definition) is 3. The molecule has 3 fully saturated rings. The highest BCUT2D eigenvalue weighted by molar-refractivity contribution is 7.91. The van der Waals surface area contributed by atoms with Gasteiger partial charge in [0, 0.05) is 29.7 Å². The number of oxime groups is 1. The van der Waals surface area contributed by atoms with Crippen molar-refractivity contribution in [2.45, 2.75) is 86.8 Å². The highest BCUT2D eigenvalue weighted by atomic mass is 32.2. The van der Waals surface area contributed by atoms with E-state index in [4.69, 9.17) is 4.84 Å². The van der Waals surface area contributed by atoms with Gasteiger partial charge in [0.25, 0.3) is 11.8 Å². The van der Waals surface area contributed by atoms with Crippen LogP contribution in [0.25, 0.3) is 11.1 Å². The number of carbonyl (C=O) groups excluding carboxylic acids is 4. The standard InChI is InChI=1S/C39H41N7O7S/c47-35(31-17-10-20-40-43-31)41-32-16-5-3-1-2-4-11-24-22-39(24,38(50)45-54(51,52)26-18-19-26)42-36(48)33-21-25(23-46(33)37(32)49)53-44-34-29-14-8-6-12-27(29)28-13-7-9-15-30(28)34/h4,6-15,17,20,24-26,32-33H,1-3,5,16,18-19,21-23H2,(H,41,47)(H,42,48)(H,45,50)/b11-4-/t24?,25-,32+,33+,39?/m1/s1. The van der Waals surface area contributed by atoms with Gasteiger partial charge in [0.05, 0.1) is 11.8 Å². The van der Waals surface area contributed by atoms with Crippen molar-refractivity contribution >= 4 is 39.4 Å². The number of sulfonamides is 1. The van der Waals surface area contributed by atoms with Gasteiger partial charge in [-0.15, -0.1) is 5.10 Å². The van der Waals surface area contributed by atoms with Crippen molar-refractivity contribution in [1.82, 2.24) is 30.5 Å². The van der Waals surface area contributed by atoms with E-state index >= 15 is 0 Å². The molecule has 8 rings (SSSR count). The second kappa shape index (κ2) is 14.4. The molecule has 3 aromatic rings. The topological polar surface area (TPSA) is 189 Å². The quantitative estimate of drug-likeness (QED) is 0.188. The first-order chi connectivity index (χ1) is 26.1. The van der Waals surface area contributed by atoms with Gasteiger partial charge < -0.3 is 20.4 Å². The zero-order valence-electron chi connectivity index (χ0n) is 29.5. The van der Waals surface area contributed by atoms with Crippen LogP contribution in [-0.2, 0) is 29.2 Å². The molecular weight excluding hydrogens is 711 g/mol. The molecular formula is C39H41N7O7S. The van der Waals surface area contributed by atoms with Gasteiger partial charge in [-0.2, -0.15) is 5.10 Å². The maximum Gasteiger partial charge on any atom is 0.272 e. The molecule has 54 heavy (non-hydrogen) atoms. The Hall–Kier alpha value is -5.44. The molecule has 3 heterocycles. The van der Waals surface area contributed by atoms with Gasteiger partial charge in [-0.25, -0.2) is 8.42 Å². The molecule has 4 amide bonds. The van der Waals surface area contributed by atoms with E-state index in [1.165, 1.54) is 17.2 Å². The van der Waals surface area contributed by atoms with Crippen molar-refractivity contribution in [3.8, 4) is 11.1 Å². The van der Waals surface area contributed by atoms with Crippen LogP contribution < -0.4 is 15.4 Å². The van der Waals surface area contributed by atoms with Crippen LogP contribution in [0.3, 0.4) is 0 Å². The molecule has 1 aromatic heterocycles. The van der Waals surface area contributed by atoms with E-state index in [1.807, 2.05) is 60.7 Å². The van der Waals surface area contributed by atoms with Gasteiger partial charge in [-0.1, -0.05) is 78.7 Å². The Balaban J connectivity index is 1.10. The molecule has 0 spiro atoms. The maximum absolute atomic E-state index is 14.5. The predicted molar refractivity (Wildman–Crippen MR) is 197 cm³/mol. The highest BCUT2D eigenvalue weighted by Gasteiger charge is 2.62. The first kappa shape index (κ1) is 35.6. The normalized spacial score (nSPS) is 27.1. The van der Waals surface area contributed by atoms with Crippen molar-refractivity contribution in [3.05, 3.63) is 95.8 Å². The maximum atomic E-state index is 14.5. The molecule has 3 aliphatic carbocycles. The molecule has 15 heteroatoms. The molecule has 0 radical (unpaired) electrons. The summed E-state index contributed by atoms with van der Waals surface area (Å²) < 4.78 is 27.9. The minimum absolute atomic E-state index is 0.0207. The summed E-state index contributed by atoms with van der Waals surface area (Å²) in [5.41, 5.74) is 3.02. The number of fused-ring (bicyclic) bond motifs is 5. The summed E-state index contributed by atoms with van der Waals surface area (Å²) in [4.78, 5) is 63.4. The lowest BCUT2D eigenvalue weighted by atomic mass is 10.0. The SMILES string of the molecule is O=C(N[C@H]1CCCCC/C=C\C2CC2(C(=O)NS(=O)(=O)C2CC2)NC(=O)[C@@H]2C[C@@H](ON=C3c4ccccc4-c4ccccc43)CN2C1=O)c1cccnn1. The number of carbonyl (C=O) groups is 4. The lowest BCUT2D eigenvalue weighted by Gasteiger charge is -2.29. The summed E-state index contributed by atoms with van der Waals surface area (Å²) in [6, 6.07) is 16.7. The molecule has 0 bridgehead atoms. The number of hydrogen-bond acceptors (Lipinski definition) is 10. The second-order valence-corrected chi connectivity index (χ2v) is 16.6. The van der Waals surface area contributed by atoms with Crippen LogP contribution in [0.2, 0.25) is 0 Å². The van der Waals surface area contributed by atoms with Crippen LogP contribution in [0.5, 0.6) is 0 Å². The third-order valence-corrected chi connectivity index (χ3v) is 12.7. The summed E-state index contributed by atoms with van der Waals surface area (Å²) in [7, 11) is -3.89. The van der Waals surface area contributed by atoms with Gasteiger partial charge in [0.1, 0.15) is 29.4 Å². The van der Waals surface area contributed by atoms with E-state index in [2.05, 4.69) is 30.7 Å². The van der Waals surface area contributed by atoms with Gasteiger partial charge in [0.2, 0.25) is 21.8 Å². The van der Waals surface area contributed by atoms with Crippen molar-refractivity contribution in [3.63, 3.8) is 0 Å². The third-order valence-electron chi connectivity index (χ3n) is 10.9. The lowest BCUT2D eigenvalue weighted by molar-refractivity contribution is -0.141. The van der Waals surface area contributed by atoms with Crippen LogP contribution in [0.15, 0.2) is 84.2 Å². The molecule has 2 unspecified atom stereocenters. The first-order valence-corrected chi connectivity index (χ1v) is 20.1. The third kappa shape index (κ3) is 6.99. The zero-order valence-corrected chi connectivity index (χ0v) is 30.3. The molecule has 1 saturated heterocycles. The number of amides is 4. The van der Waals surface area contributed by atoms with E-state index in [0.717, 1.165) is 35.1 Å². The summed E-state index contributed by atoms with van der Waals surface area (Å²) in [6.45, 7) is -0.0207. The van der Waals surface area contributed by atoms with Crippen molar-refractivity contribution in [2.24, 2.45) is 11.1 Å². The number of aromatic nitrogens is 2. The fourth-order valence-corrected chi connectivity index (χ4v) is 9.08. The number of benzene rings is 2. The highest BCUT2D eigenvalue weighted by Crippen LogP contribution is 2.46. The molecule has 2 aliphatic heterocycles. The Labute approximate surface area is 312 Å². The zero-order chi connectivity index (χ0) is 37.5. The van der Waals surface area contributed by atoms with Gasteiger partial charge >= 0.3 is 0 Å². The minimum Gasteiger partial charge on any atom is -0.390 e. The monoisotopic (exact) mass is 751 g/mol. The number of rotatable bonds is 7. The summed E-state index contributed by atoms with van der Waals surface area (Å²) in [5, 5.41) is 17.4. The molecule has 3 N–H and O–H groups in total. The summed E-state index contributed by atoms with van der Waals surface area (Å²) >= 11 is 0. The number of nitrogens with one attached hydrogen (secondary N) is 3. The average molecular weight is 752 g/mol. The largest absolute Gasteiger partial charge is 0.390 e. The average Bonchev–Trinajstić information content (AvgIpc) is 4.09. The molecule has 5 aliphatic rings. The Morgan fingerprint density at radius 2 is 1.65 bits per heavy atom. The van der Waals surface area contributed by atoms with Crippen molar-refractivity contribution in [1.29, 1.82) is 0 Å². The molecule has 5 atom stereocenters. The van der Waals surface area contributed by atoms with E-state index in [1.54, 1.807) is 6.07 Å². The Bertz CT molecular complexity index is 2110. The smallest absolute Gasteiger partial charge is 0.272 e. The minimum atomic E-state index is -3.89. The van der Waals surface area contributed by atoms with Crippen LogP contribution in [0, 0.1) is 5.92 Å². The molecule has 2 saturated carbocycles. The summed E-state index contributed by atoms with van der Waals surface area (Å²) in [6.07, 6.45) is 8.92. The Kier molecular flexibility index (Phi) is 9.50. The van der Waals surface area contributed by atoms with Crippen LogP contribution in [0.1, 0.15) is 79.4 Å². The van der Waals surface area contributed by atoms with Crippen LogP contribution >= 0.6 is 0 Å². The van der Waals surface area contributed by atoms with Gasteiger partial charge in [-0.05, 0) is 61.8 Å². The Morgan fingerprint density at radius 3 is 2.33 bits per heavy atom. The van der Waals surface area contributed by atoms with Gasteiger partial charge in [-0.3, -0.25) is 23.9 Å². The van der Waals surface area contributed by atoms with E-state index < -0.39 is 68.5 Å². The van der Waals surface area contributed by atoms with Crippen molar-refractivity contribution < 1.29 is 32.4 Å². The van der Waals surface area contributed by atoms with Crippen LogP contribution in [0.4, 0.5) is 0 Å². The second-order valence-electron chi connectivity index (χ2n) is 14.6. The predicted octanol–water partition coefficient (Wildman–Crippen LogP) is 3.00. The summed E-state index contributed by atoms with van der Waals surface area (Å²) in [5.74, 6) is -2.90. The van der Waals surface area contributed by atoms with Gasteiger partial charge in [0.15, 0.2) is 5.69 Å². The van der Waals surface area contributed by atoms with E-state index in [-0.39, 0.29) is 25.1 Å². The molecule has 2 aromatic carbocycles. The number of allylic oxidation sites excluding steroid dienone is 1. The first-order valence-electron chi connectivity index (χ1n) is 18.5. The lowest BCUT2D eigenvalue weighted by Crippen LogP contribution is -2.58. The molecule has 280 valence electrons. The molecule has 14 nitrogen and oxygen atoms in total. The Morgan fingerprint density at radius 1 is 0.926 bits per heavy atom. The number of nitrogens with zero attached hydrogens (tertiary/aromatic N) is 4. The fourth-order valence-electron chi connectivity index (χ4n) is 7.71. The van der Waals surface area contributed by atoms with Crippen molar-refractivity contribution in [2.75, 3.05) is 6.54 Å². The fraction of sp³-hybridized carbons (Fsp3) is 0.410. The van der Waals surface area contributed by atoms with Crippen LogP contribution in [-0.4, -0.2) is 88.4 Å². The van der Waals surface area contributed by atoms with E-state index in [9.17, 15) is 27.6 Å².